The predicted octanol–water partition coefficient (Wildman–Crippen LogP) is 3.22. The van der Waals surface area contributed by atoms with Gasteiger partial charge in [0.1, 0.15) is 5.92 Å². The van der Waals surface area contributed by atoms with Gasteiger partial charge in [0.2, 0.25) is 5.91 Å². The van der Waals surface area contributed by atoms with Crippen molar-refractivity contribution in [3.05, 3.63) is 16.5 Å². The zero-order chi connectivity index (χ0) is 12.0. The molecule has 1 aromatic heterocycles. The lowest BCUT2D eigenvalue weighted by molar-refractivity contribution is -0.119. The van der Waals surface area contributed by atoms with Gasteiger partial charge in [0, 0.05) is 11.3 Å². The maximum absolute atomic E-state index is 12.7. The van der Waals surface area contributed by atoms with Crippen LogP contribution in [-0.2, 0) is 17.6 Å². The molecule has 3 rings (SSSR count). The van der Waals surface area contributed by atoms with Crippen molar-refractivity contribution in [3.8, 4) is 0 Å². The van der Waals surface area contributed by atoms with E-state index in [0.717, 1.165) is 17.8 Å². The molecule has 2 aliphatic carbocycles. The number of carbonyl (C=O) groups excluding carboxylic acids is 1. The molecule has 1 atom stereocenters. The second-order valence-electron chi connectivity index (χ2n) is 4.77. The van der Waals surface area contributed by atoms with E-state index in [0.29, 0.717) is 0 Å². The lowest BCUT2D eigenvalue weighted by Crippen LogP contribution is -2.16. The summed E-state index contributed by atoms with van der Waals surface area (Å²) >= 11 is 1.53. The Labute approximate surface area is 102 Å². The van der Waals surface area contributed by atoms with Crippen molar-refractivity contribution in [3.63, 3.8) is 0 Å². The quantitative estimate of drug-likeness (QED) is 0.866. The van der Waals surface area contributed by atoms with E-state index >= 15 is 0 Å². The molecule has 1 fully saturated rings. The Kier molecular flexibility index (Phi) is 2.47. The number of alkyl halides is 2. The second-order valence-corrected chi connectivity index (χ2v) is 5.91. The Hall–Kier alpha value is -0.970. The van der Waals surface area contributed by atoms with Gasteiger partial charge in [-0.25, -0.2) is 8.78 Å². The third-order valence-corrected chi connectivity index (χ3v) is 4.54. The SMILES string of the molecule is O=C(Nc1cc2c(s1)CCCC2)C1CC1(F)F. The molecule has 1 amide bonds. The van der Waals surface area contributed by atoms with Gasteiger partial charge in [-0.1, -0.05) is 0 Å². The normalized spacial score (nSPS) is 25.2. The second kappa shape index (κ2) is 3.77. The molecule has 1 heterocycles. The monoisotopic (exact) mass is 257 g/mol. The molecule has 0 radical (unpaired) electrons. The number of nitrogens with one attached hydrogen (secondary N) is 1. The van der Waals surface area contributed by atoms with Gasteiger partial charge in [-0.15, -0.1) is 11.3 Å². The molecular weight excluding hydrogens is 244 g/mol. The van der Waals surface area contributed by atoms with E-state index in [2.05, 4.69) is 5.32 Å². The number of hydrogen-bond donors (Lipinski definition) is 1. The fraction of sp³-hybridized carbons (Fsp3) is 0.583. The van der Waals surface area contributed by atoms with Crippen LogP contribution < -0.4 is 5.32 Å². The van der Waals surface area contributed by atoms with Crippen LogP contribution in [0.4, 0.5) is 13.8 Å². The summed E-state index contributed by atoms with van der Waals surface area (Å²) in [5, 5.41) is 3.34. The van der Waals surface area contributed by atoms with Crippen molar-refractivity contribution in [2.45, 2.75) is 38.0 Å². The van der Waals surface area contributed by atoms with E-state index in [1.54, 1.807) is 0 Å². The molecule has 0 saturated heterocycles. The van der Waals surface area contributed by atoms with E-state index in [-0.39, 0.29) is 6.42 Å². The highest BCUT2D eigenvalue weighted by Gasteiger charge is 2.61. The number of thiophene rings is 1. The summed E-state index contributed by atoms with van der Waals surface area (Å²) in [6, 6.07) is 1.94. The van der Waals surface area contributed by atoms with E-state index in [4.69, 9.17) is 0 Å². The number of halogens is 2. The van der Waals surface area contributed by atoms with Crippen LogP contribution in [0.2, 0.25) is 0 Å². The Balaban J connectivity index is 1.69. The van der Waals surface area contributed by atoms with E-state index in [9.17, 15) is 13.6 Å². The highest BCUT2D eigenvalue weighted by atomic mass is 32.1. The largest absolute Gasteiger partial charge is 0.317 e. The smallest absolute Gasteiger partial charge is 0.260 e. The van der Waals surface area contributed by atoms with Crippen molar-refractivity contribution in [1.29, 1.82) is 0 Å². The molecule has 2 nitrogen and oxygen atoms in total. The van der Waals surface area contributed by atoms with E-state index in [1.807, 2.05) is 6.07 Å². The van der Waals surface area contributed by atoms with Crippen molar-refractivity contribution in [2.75, 3.05) is 5.32 Å². The minimum absolute atomic E-state index is 0.302. The lowest BCUT2D eigenvalue weighted by Gasteiger charge is -2.08. The van der Waals surface area contributed by atoms with Crippen LogP contribution in [0.3, 0.4) is 0 Å². The van der Waals surface area contributed by atoms with Gasteiger partial charge in [0.25, 0.3) is 5.92 Å². The molecule has 0 aliphatic heterocycles. The van der Waals surface area contributed by atoms with Gasteiger partial charge >= 0.3 is 0 Å². The van der Waals surface area contributed by atoms with Crippen LogP contribution in [0.1, 0.15) is 29.7 Å². The fourth-order valence-corrected chi connectivity index (χ4v) is 3.42. The first-order chi connectivity index (χ1) is 8.06. The minimum Gasteiger partial charge on any atom is -0.317 e. The van der Waals surface area contributed by atoms with E-state index in [1.165, 1.54) is 34.6 Å². The van der Waals surface area contributed by atoms with Crippen LogP contribution in [0.25, 0.3) is 0 Å². The van der Waals surface area contributed by atoms with Gasteiger partial charge in [-0.3, -0.25) is 4.79 Å². The van der Waals surface area contributed by atoms with Gasteiger partial charge < -0.3 is 5.32 Å². The van der Waals surface area contributed by atoms with Crippen molar-refractivity contribution >= 4 is 22.2 Å². The van der Waals surface area contributed by atoms with Gasteiger partial charge in [-0.2, -0.15) is 0 Å². The number of aryl methyl sites for hydroxylation is 2. The molecule has 92 valence electrons. The highest BCUT2D eigenvalue weighted by Crippen LogP contribution is 2.49. The molecule has 1 N–H and O–H groups in total. The summed E-state index contributed by atoms with van der Waals surface area (Å²) in [4.78, 5) is 12.8. The Morgan fingerprint density at radius 1 is 1.41 bits per heavy atom. The van der Waals surface area contributed by atoms with Crippen LogP contribution in [0.15, 0.2) is 6.07 Å². The maximum atomic E-state index is 12.7. The Bertz CT molecular complexity index is 446. The molecular formula is C12H13F2NOS. The molecule has 5 heteroatoms. The molecule has 0 bridgehead atoms. The van der Waals surface area contributed by atoms with Crippen molar-refractivity contribution in [2.24, 2.45) is 5.92 Å². The first-order valence-corrected chi connectivity index (χ1v) is 6.68. The summed E-state index contributed by atoms with van der Waals surface area (Å²) < 4.78 is 25.4. The average molecular weight is 257 g/mol. The summed E-state index contributed by atoms with van der Waals surface area (Å²) in [6.07, 6.45) is 4.15. The summed E-state index contributed by atoms with van der Waals surface area (Å²) in [7, 11) is 0. The van der Waals surface area contributed by atoms with Crippen LogP contribution >= 0.6 is 11.3 Å². The van der Waals surface area contributed by atoms with Crippen LogP contribution in [-0.4, -0.2) is 11.8 Å². The number of carbonyl (C=O) groups is 1. The zero-order valence-electron chi connectivity index (χ0n) is 9.26. The molecule has 1 unspecified atom stereocenters. The number of amides is 1. The number of hydrogen-bond acceptors (Lipinski definition) is 2. The third-order valence-electron chi connectivity index (χ3n) is 3.39. The first kappa shape index (κ1) is 11.1. The minimum atomic E-state index is -2.78. The Morgan fingerprint density at radius 3 is 2.76 bits per heavy atom. The summed E-state index contributed by atoms with van der Waals surface area (Å²) in [5.74, 6) is -4.42. The molecule has 1 saturated carbocycles. The molecule has 1 aromatic rings. The number of rotatable bonds is 2. The standard InChI is InChI=1S/C12H13F2NOS/c13-12(14)6-8(12)11(16)15-10-5-7-3-1-2-4-9(7)17-10/h5,8H,1-4,6H2,(H,15,16). The van der Waals surface area contributed by atoms with Crippen molar-refractivity contribution < 1.29 is 13.6 Å². The summed E-state index contributed by atoms with van der Waals surface area (Å²) in [5.41, 5.74) is 1.28. The topological polar surface area (TPSA) is 29.1 Å². The van der Waals surface area contributed by atoms with Gasteiger partial charge in [0.15, 0.2) is 0 Å². The van der Waals surface area contributed by atoms with Gasteiger partial charge in [0.05, 0.1) is 5.00 Å². The van der Waals surface area contributed by atoms with E-state index < -0.39 is 17.7 Å². The zero-order valence-corrected chi connectivity index (χ0v) is 10.1. The first-order valence-electron chi connectivity index (χ1n) is 5.86. The lowest BCUT2D eigenvalue weighted by atomic mass is 10.00. The highest BCUT2D eigenvalue weighted by molar-refractivity contribution is 7.16. The average Bonchev–Trinajstić information content (AvgIpc) is 2.73. The molecule has 2 aliphatic rings. The molecule has 0 spiro atoms. The molecule has 17 heavy (non-hydrogen) atoms. The van der Waals surface area contributed by atoms with Crippen LogP contribution in [0.5, 0.6) is 0 Å². The van der Waals surface area contributed by atoms with Crippen LogP contribution in [0, 0.1) is 5.92 Å². The maximum Gasteiger partial charge on any atom is 0.260 e. The summed E-state index contributed by atoms with van der Waals surface area (Å²) in [6.45, 7) is 0. The predicted molar refractivity (Wildman–Crippen MR) is 62.6 cm³/mol. The van der Waals surface area contributed by atoms with Crippen molar-refractivity contribution in [1.82, 2.24) is 0 Å². The number of fused-ring (bicyclic) bond motifs is 1. The molecule has 0 aromatic carbocycles. The third kappa shape index (κ3) is 2.08. The number of anilines is 1. The van der Waals surface area contributed by atoms with Gasteiger partial charge in [-0.05, 0) is 37.3 Å². The Morgan fingerprint density at radius 2 is 2.12 bits per heavy atom. The fourth-order valence-electron chi connectivity index (χ4n) is 2.26.